The molecule has 1 saturated carbocycles. The fourth-order valence-corrected chi connectivity index (χ4v) is 2.48. The van der Waals surface area contributed by atoms with Crippen LogP contribution >= 0.6 is 0 Å². The van der Waals surface area contributed by atoms with Crippen LogP contribution in [-0.4, -0.2) is 19.6 Å². The maximum absolute atomic E-state index is 13.0. The van der Waals surface area contributed by atoms with Crippen LogP contribution < -0.4 is 10.1 Å². The second-order valence-corrected chi connectivity index (χ2v) is 4.91. The molecular weight excluding hydrogens is 236 g/mol. The summed E-state index contributed by atoms with van der Waals surface area (Å²) in [4.78, 5) is 0. The molecule has 4 heteroatoms. The third kappa shape index (κ3) is 3.42. The van der Waals surface area contributed by atoms with Crippen molar-refractivity contribution in [1.82, 2.24) is 5.32 Å². The highest BCUT2D eigenvalue weighted by Crippen LogP contribution is 2.38. The number of ether oxygens (including phenoxy) is 1. The monoisotopic (exact) mass is 255 g/mol. The lowest BCUT2D eigenvalue weighted by molar-refractivity contribution is 0.00507. The van der Waals surface area contributed by atoms with Gasteiger partial charge >= 0.3 is 0 Å². The van der Waals surface area contributed by atoms with E-state index in [1.165, 1.54) is 0 Å². The zero-order valence-electron chi connectivity index (χ0n) is 10.6. The summed E-state index contributed by atoms with van der Waals surface area (Å²) in [5.41, 5.74) is 1.06. The Hall–Kier alpha value is -1.16. The highest BCUT2D eigenvalue weighted by molar-refractivity contribution is 5.32. The second kappa shape index (κ2) is 5.65. The van der Waals surface area contributed by atoms with Crippen molar-refractivity contribution in [3.8, 4) is 5.75 Å². The van der Waals surface area contributed by atoms with Gasteiger partial charge in [0.05, 0.1) is 7.11 Å². The van der Waals surface area contributed by atoms with Crippen LogP contribution in [0.5, 0.6) is 5.75 Å². The first-order valence-electron chi connectivity index (χ1n) is 6.31. The average molecular weight is 255 g/mol. The number of benzene rings is 1. The molecule has 0 heterocycles. The molecule has 100 valence electrons. The molecule has 1 unspecified atom stereocenters. The van der Waals surface area contributed by atoms with E-state index >= 15 is 0 Å². The molecule has 1 atom stereocenters. The number of halogens is 2. The van der Waals surface area contributed by atoms with Crippen molar-refractivity contribution in [2.75, 3.05) is 13.7 Å². The van der Waals surface area contributed by atoms with Gasteiger partial charge in [-0.2, -0.15) is 0 Å². The molecule has 1 aromatic carbocycles. The van der Waals surface area contributed by atoms with Crippen LogP contribution in [0.3, 0.4) is 0 Å². The van der Waals surface area contributed by atoms with Crippen molar-refractivity contribution in [3.63, 3.8) is 0 Å². The lowest BCUT2D eigenvalue weighted by Crippen LogP contribution is -2.22. The highest BCUT2D eigenvalue weighted by Gasteiger charge is 2.38. The Bertz CT molecular complexity index is 395. The molecule has 18 heavy (non-hydrogen) atoms. The molecule has 1 aliphatic rings. The molecule has 1 aromatic rings. The van der Waals surface area contributed by atoms with Crippen LogP contribution in [0.1, 0.15) is 24.8 Å². The number of methoxy groups -OCH3 is 1. The van der Waals surface area contributed by atoms with E-state index in [0.29, 0.717) is 19.5 Å². The number of nitrogens with one attached hydrogen (secondary N) is 1. The van der Waals surface area contributed by atoms with Crippen LogP contribution in [0, 0.1) is 5.92 Å². The Kier molecular flexibility index (Phi) is 4.17. The zero-order valence-corrected chi connectivity index (χ0v) is 10.6. The van der Waals surface area contributed by atoms with E-state index in [9.17, 15) is 8.78 Å². The molecule has 0 amide bonds. The molecular formula is C14H19F2NO. The van der Waals surface area contributed by atoms with E-state index in [0.717, 1.165) is 11.3 Å². The quantitative estimate of drug-likeness (QED) is 0.872. The second-order valence-electron chi connectivity index (χ2n) is 4.91. The third-order valence-corrected chi connectivity index (χ3v) is 3.45. The van der Waals surface area contributed by atoms with Gasteiger partial charge in [-0.05, 0) is 24.9 Å². The maximum atomic E-state index is 13.0. The zero-order chi connectivity index (χ0) is 13.0. The summed E-state index contributed by atoms with van der Waals surface area (Å²) in [5, 5.41) is 3.24. The topological polar surface area (TPSA) is 21.3 Å². The molecule has 0 aliphatic heterocycles. The number of alkyl halides is 2. The first-order valence-corrected chi connectivity index (χ1v) is 6.31. The first kappa shape index (κ1) is 13.3. The van der Waals surface area contributed by atoms with E-state index in [4.69, 9.17) is 4.74 Å². The van der Waals surface area contributed by atoms with Gasteiger partial charge < -0.3 is 10.1 Å². The van der Waals surface area contributed by atoms with E-state index in [-0.39, 0.29) is 18.8 Å². The van der Waals surface area contributed by atoms with Gasteiger partial charge in [0.1, 0.15) is 5.75 Å². The predicted molar refractivity (Wildman–Crippen MR) is 67.0 cm³/mol. The van der Waals surface area contributed by atoms with Crippen molar-refractivity contribution in [3.05, 3.63) is 29.8 Å². The first-order chi connectivity index (χ1) is 8.61. The summed E-state index contributed by atoms with van der Waals surface area (Å²) in [6.07, 6.45) is 0.672. The van der Waals surface area contributed by atoms with Gasteiger partial charge in [-0.1, -0.05) is 18.2 Å². The molecule has 0 radical (unpaired) electrons. The molecule has 2 rings (SSSR count). The molecule has 0 bridgehead atoms. The lowest BCUT2D eigenvalue weighted by Gasteiger charge is -2.13. The minimum Gasteiger partial charge on any atom is -0.496 e. The van der Waals surface area contributed by atoms with E-state index < -0.39 is 5.92 Å². The van der Waals surface area contributed by atoms with Gasteiger partial charge in [-0.3, -0.25) is 0 Å². The molecule has 1 aliphatic carbocycles. The minimum atomic E-state index is -2.45. The van der Waals surface area contributed by atoms with Crippen LogP contribution in [0.25, 0.3) is 0 Å². The molecule has 0 spiro atoms. The van der Waals surface area contributed by atoms with Crippen LogP contribution in [0.15, 0.2) is 24.3 Å². The Labute approximate surface area is 106 Å². The number of para-hydroxylation sites is 1. The van der Waals surface area contributed by atoms with Crippen molar-refractivity contribution >= 4 is 0 Å². The molecule has 1 fully saturated rings. The summed E-state index contributed by atoms with van der Waals surface area (Å²) in [7, 11) is 1.64. The predicted octanol–water partition coefficient (Wildman–Crippen LogP) is 3.22. The van der Waals surface area contributed by atoms with Gasteiger partial charge in [-0.15, -0.1) is 0 Å². The van der Waals surface area contributed by atoms with Crippen LogP contribution in [0.4, 0.5) is 8.78 Å². The van der Waals surface area contributed by atoms with Crippen molar-refractivity contribution in [2.45, 2.75) is 31.7 Å². The molecule has 0 aromatic heterocycles. The van der Waals surface area contributed by atoms with Gasteiger partial charge in [0.25, 0.3) is 0 Å². The van der Waals surface area contributed by atoms with Crippen molar-refractivity contribution in [2.24, 2.45) is 5.92 Å². The van der Waals surface area contributed by atoms with Gasteiger partial charge in [0.2, 0.25) is 5.92 Å². The number of hydrogen-bond donors (Lipinski definition) is 1. The summed E-state index contributed by atoms with van der Waals surface area (Å²) in [5.74, 6) is -1.52. The fourth-order valence-electron chi connectivity index (χ4n) is 2.48. The summed E-state index contributed by atoms with van der Waals surface area (Å²) in [6.45, 7) is 1.31. The smallest absolute Gasteiger partial charge is 0.248 e. The molecule has 2 nitrogen and oxygen atoms in total. The van der Waals surface area contributed by atoms with E-state index in [1.807, 2.05) is 24.3 Å². The lowest BCUT2D eigenvalue weighted by atomic mass is 10.1. The van der Waals surface area contributed by atoms with Crippen molar-refractivity contribution in [1.29, 1.82) is 0 Å². The standard InChI is InChI=1S/C14H19F2NO/c1-18-13-5-3-2-4-12(13)10-17-9-11-6-7-14(15,16)8-11/h2-5,11,17H,6-10H2,1H3. The molecule has 0 saturated heterocycles. The van der Waals surface area contributed by atoms with E-state index in [1.54, 1.807) is 7.11 Å². The van der Waals surface area contributed by atoms with Gasteiger partial charge in [-0.25, -0.2) is 8.78 Å². The Morgan fingerprint density at radius 1 is 1.39 bits per heavy atom. The Morgan fingerprint density at radius 2 is 2.17 bits per heavy atom. The third-order valence-electron chi connectivity index (χ3n) is 3.45. The summed E-state index contributed by atoms with van der Waals surface area (Å²) in [6, 6.07) is 7.75. The fraction of sp³-hybridized carbons (Fsp3) is 0.571. The van der Waals surface area contributed by atoms with Crippen molar-refractivity contribution < 1.29 is 13.5 Å². The maximum Gasteiger partial charge on any atom is 0.248 e. The Balaban J connectivity index is 1.79. The number of hydrogen-bond acceptors (Lipinski definition) is 2. The summed E-state index contributed by atoms with van der Waals surface area (Å²) < 4.78 is 31.3. The van der Waals surface area contributed by atoms with E-state index in [2.05, 4.69) is 5.32 Å². The SMILES string of the molecule is COc1ccccc1CNCC1CCC(F)(F)C1. The normalized spacial score (nSPS) is 22.1. The highest BCUT2D eigenvalue weighted by atomic mass is 19.3. The largest absolute Gasteiger partial charge is 0.496 e. The van der Waals surface area contributed by atoms with Gasteiger partial charge in [0, 0.05) is 24.9 Å². The van der Waals surface area contributed by atoms with Crippen LogP contribution in [0.2, 0.25) is 0 Å². The Morgan fingerprint density at radius 3 is 2.83 bits per heavy atom. The minimum absolute atomic E-state index is 0.0198. The van der Waals surface area contributed by atoms with Gasteiger partial charge in [0.15, 0.2) is 0 Å². The molecule has 1 N–H and O–H groups in total. The average Bonchev–Trinajstić information content (AvgIpc) is 2.69. The van der Waals surface area contributed by atoms with Crippen LogP contribution in [-0.2, 0) is 6.54 Å². The summed E-state index contributed by atoms with van der Waals surface area (Å²) >= 11 is 0. The number of rotatable bonds is 5.